The van der Waals surface area contributed by atoms with Gasteiger partial charge in [-0.2, -0.15) is 0 Å². The smallest absolute Gasteiger partial charge is 0.338 e. The highest BCUT2D eigenvalue weighted by atomic mass is 16.5. The maximum absolute atomic E-state index is 12.2. The van der Waals surface area contributed by atoms with Gasteiger partial charge in [-0.25, -0.2) is 4.79 Å². The first kappa shape index (κ1) is 20.4. The predicted octanol–water partition coefficient (Wildman–Crippen LogP) is 4.47. The summed E-state index contributed by atoms with van der Waals surface area (Å²) < 4.78 is 5.12. The van der Waals surface area contributed by atoms with Crippen LogP contribution in [0.1, 0.15) is 58.5 Å². The van der Waals surface area contributed by atoms with E-state index in [9.17, 15) is 14.4 Å². The highest BCUT2D eigenvalue weighted by Gasteiger charge is 2.12. The zero-order chi connectivity index (χ0) is 20.0. The molecule has 0 saturated carbocycles. The number of rotatable bonds is 7. The second kappa shape index (κ2) is 9.12. The van der Waals surface area contributed by atoms with Gasteiger partial charge in [0, 0.05) is 24.1 Å². The second-order valence-electron chi connectivity index (χ2n) is 6.80. The number of Topliss-reactive ketones (excluding diaryl/α,β-unsaturated/α-hetero) is 1. The van der Waals surface area contributed by atoms with E-state index in [1.165, 1.54) is 0 Å². The zero-order valence-electron chi connectivity index (χ0n) is 16.2. The Morgan fingerprint density at radius 2 is 1.52 bits per heavy atom. The van der Waals surface area contributed by atoms with E-state index in [-0.39, 0.29) is 30.6 Å². The Labute approximate surface area is 159 Å². The van der Waals surface area contributed by atoms with E-state index in [0.29, 0.717) is 16.8 Å². The van der Waals surface area contributed by atoms with Crippen LogP contribution in [0.5, 0.6) is 0 Å². The summed E-state index contributed by atoms with van der Waals surface area (Å²) in [6, 6.07) is 12.0. The lowest BCUT2D eigenvalue weighted by Gasteiger charge is -2.09. The molecule has 0 bridgehead atoms. The van der Waals surface area contributed by atoms with E-state index in [0.717, 1.165) is 11.1 Å². The van der Waals surface area contributed by atoms with Gasteiger partial charge in [-0.1, -0.05) is 12.1 Å². The van der Waals surface area contributed by atoms with Crippen molar-refractivity contribution in [2.24, 2.45) is 0 Å². The Kier molecular flexibility index (Phi) is 6.88. The first-order valence-corrected chi connectivity index (χ1v) is 8.97. The monoisotopic (exact) mass is 367 g/mol. The predicted molar refractivity (Wildman–Crippen MR) is 105 cm³/mol. The van der Waals surface area contributed by atoms with Crippen LogP contribution < -0.4 is 5.32 Å². The molecule has 0 atom stereocenters. The fourth-order valence-corrected chi connectivity index (χ4v) is 2.48. The van der Waals surface area contributed by atoms with Crippen molar-refractivity contribution in [3.05, 3.63) is 64.7 Å². The minimum Gasteiger partial charge on any atom is -0.459 e. The van der Waals surface area contributed by atoms with Crippen molar-refractivity contribution in [3.8, 4) is 0 Å². The number of ketones is 1. The van der Waals surface area contributed by atoms with E-state index in [4.69, 9.17) is 4.74 Å². The van der Waals surface area contributed by atoms with Gasteiger partial charge in [0.25, 0.3) is 0 Å². The van der Waals surface area contributed by atoms with Gasteiger partial charge in [0.15, 0.2) is 5.78 Å². The first-order valence-electron chi connectivity index (χ1n) is 8.97. The van der Waals surface area contributed by atoms with Gasteiger partial charge < -0.3 is 10.1 Å². The van der Waals surface area contributed by atoms with Crippen molar-refractivity contribution in [1.82, 2.24) is 0 Å². The Hall–Kier alpha value is -2.95. The summed E-state index contributed by atoms with van der Waals surface area (Å²) in [5.74, 6) is -0.702. The van der Waals surface area contributed by atoms with Gasteiger partial charge in [0.1, 0.15) is 0 Å². The quantitative estimate of drug-likeness (QED) is 0.579. The molecule has 0 unspecified atom stereocenters. The normalized spacial score (nSPS) is 10.6. The lowest BCUT2D eigenvalue weighted by atomic mass is 10.0. The molecule has 2 aromatic rings. The van der Waals surface area contributed by atoms with Crippen LogP contribution in [0.2, 0.25) is 0 Å². The number of aryl methyl sites for hydroxylation is 2. The molecule has 1 amide bonds. The summed E-state index contributed by atoms with van der Waals surface area (Å²) >= 11 is 0. The van der Waals surface area contributed by atoms with Crippen LogP contribution in [0.4, 0.5) is 5.69 Å². The number of nitrogens with one attached hydrogen (secondary N) is 1. The third-order valence-electron chi connectivity index (χ3n) is 4.16. The molecular formula is C22H25NO4. The Morgan fingerprint density at radius 3 is 2.11 bits per heavy atom. The molecule has 0 aliphatic heterocycles. The SMILES string of the molecule is Cc1ccc(C(=O)CCC(=O)Nc2ccc(C(=O)OC(C)C)cc2)cc1C. The number of anilines is 1. The average Bonchev–Trinajstić information content (AvgIpc) is 2.62. The number of hydrogen-bond donors (Lipinski definition) is 1. The van der Waals surface area contributed by atoms with E-state index in [2.05, 4.69) is 5.32 Å². The van der Waals surface area contributed by atoms with Crippen molar-refractivity contribution in [1.29, 1.82) is 0 Å². The molecule has 0 aliphatic rings. The Bertz CT molecular complexity index is 838. The van der Waals surface area contributed by atoms with Crippen molar-refractivity contribution >= 4 is 23.3 Å². The van der Waals surface area contributed by atoms with Gasteiger partial charge in [-0.3, -0.25) is 9.59 Å². The highest BCUT2D eigenvalue weighted by molar-refractivity contribution is 6.00. The van der Waals surface area contributed by atoms with Crippen LogP contribution in [-0.4, -0.2) is 23.8 Å². The molecule has 0 fully saturated rings. The van der Waals surface area contributed by atoms with Crippen LogP contribution in [0.15, 0.2) is 42.5 Å². The molecule has 27 heavy (non-hydrogen) atoms. The lowest BCUT2D eigenvalue weighted by Crippen LogP contribution is -2.14. The highest BCUT2D eigenvalue weighted by Crippen LogP contribution is 2.14. The van der Waals surface area contributed by atoms with Gasteiger partial charge in [0.2, 0.25) is 5.91 Å². The third-order valence-corrected chi connectivity index (χ3v) is 4.16. The molecule has 0 spiro atoms. The Morgan fingerprint density at radius 1 is 0.889 bits per heavy atom. The number of carbonyl (C=O) groups excluding carboxylic acids is 3. The molecule has 142 valence electrons. The number of ether oxygens (including phenoxy) is 1. The van der Waals surface area contributed by atoms with Gasteiger partial charge in [-0.05, 0) is 69.2 Å². The molecular weight excluding hydrogens is 342 g/mol. The average molecular weight is 367 g/mol. The molecule has 2 rings (SSSR count). The topological polar surface area (TPSA) is 72.5 Å². The maximum Gasteiger partial charge on any atom is 0.338 e. The van der Waals surface area contributed by atoms with Gasteiger partial charge >= 0.3 is 5.97 Å². The van der Waals surface area contributed by atoms with Crippen LogP contribution in [0.3, 0.4) is 0 Å². The van der Waals surface area contributed by atoms with Crippen molar-refractivity contribution in [2.75, 3.05) is 5.32 Å². The number of esters is 1. The lowest BCUT2D eigenvalue weighted by molar-refractivity contribution is -0.116. The summed E-state index contributed by atoms with van der Waals surface area (Å²) in [5, 5.41) is 2.73. The van der Waals surface area contributed by atoms with Crippen LogP contribution in [-0.2, 0) is 9.53 Å². The van der Waals surface area contributed by atoms with Crippen molar-refractivity contribution < 1.29 is 19.1 Å². The van der Waals surface area contributed by atoms with Crippen molar-refractivity contribution in [3.63, 3.8) is 0 Å². The van der Waals surface area contributed by atoms with E-state index < -0.39 is 5.97 Å². The standard InChI is InChI=1S/C22H25NO4/c1-14(2)27-22(26)17-7-9-19(10-8-17)23-21(25)12-11-20(24)18-6-5-15(3)16(4)13-18/h5-10,13-14H,11-12H2,1-4H3,(H,23,25). The summed E-state index contributed by atoms with van der Waals surface area (Å²) in [6.07, 6.45) is 0.0579. The molecule has 0 aliphatic carbocycles. The molecule has 2 aromatic carbocycles. The largest absolute Gasteiger partial charge is 0.459 e. The van der Waals surface area contributed by atoms with Crippen LogP contribution in [0.25, 0.3) is 0 Å². The number of amides is 1. The van der Waals surface area contributed by atoms with E-state index >= 15 is 0 Å². The zero-order valence-corrected chi connectivity index (χ0v) is 16.2. The number of hydrogen-bond acceptors (Lipinski definition) is 4. The molecule has 0 aromatic heterocycles. The summed E-state index contributed by atoms with van der Waals surface area (Å²) in [6.45, 7) is 7.52. The second-order valence-corrected chi connectivity index (χ2v) is 6.80. The van der Waals surface area contributed by atoms with Gasteiger partial charge in [-0.15, -0.1) is 0 Å². The minimum absolute atomic E-state index is 0.0555. The summed E-state index contributed by atoms with van der Waals surface area (Å²) in [7, 11) is 0. The summed E-state index contributed by atoms with van der Waals surface area (Å²) in [5.41, 5.74) is 3.80. The number of carbonyl (C=O) groups is 3. The first-order chi connectivity index (χ1) is 12.8. The van der Waals surface area contributed by atoms with Crippen LogP contribution >= 0.6 is 0 Å². The fraction of sp³-hybridized carbons (Fsp3) is 0.318. The third kappa shape index (κ3) is 6.06. The fourth-order valence-electron chi connectivity index (χ4n) is 2.48. The molecule has 0 radical (unpaired) electrons. The van der Waals surface area contributed by atoms with E-state index in [1.807, 2.05) is 26.0 Å². The van der Waals surface area contributed by atoms with Crippen LogP contribution in [0, 0.1) is 13.8 Å². The molecule has 5 heteroatoms. The number of benzene rings is 2. The summed E-state index contributed by atoms with van der Waals surface area (Å²) in [4.78, 5) is 36.1. The van der Waals surface area contributed by atoms with Crippen molar-refractivity contribution in [2.45, 2.75) is 46.6 Å². The molecule has 5 nitrogen and oxygen atoms in total. The molecule has 0 heterocycles. The van der Waals surface area contributed by atoms with E-state index in [1.54, 1.807) is 44.2 Å². The minimum atomic E-state index is -0.401. The Balaban J connectivity index is 1.87. The maximum atomic E-state index is 12.2. The van der Waals surface area contributed by atoms with Gasteiger partial charge in [0.05, 0.1) is 11.7 Å². The molecule has 0 saturated heterocycles. The molecule has 1 N–H and O–H groups in total.